The van der Waals surface area contributed by atoms with Crippen LogP contribution in [0, 0.1) is 11.3 Å². The first-order valence-electron chi connectivity index (χ1n) is 6.93. The molecule has 2 N–H and O–H groups in total. The summed E-state index contributed by atoms with van der Waals surface area (Å²) < 4.78 is 0. The van der Waals surface area contributed by atoms with E-state index >= 15 is 0 Å². The minimum absolute atomic E-state index is 0.0123. The van der Waals surface area contributed by atoms with E-state index in [9.17, 15) is 0 Å². The van der Waals surface area contributed by atoms with E-state index in [4.69, 9.17) is 12.2 Å². The van der Waals surface area contributed by atoms with E-state index in [1.807, 2.05) is 0 Å². The molecular formula is C14H27N3S. The summed E-state index contributed by atoms with van der Waals surface area (Å²) in [5.74, 6) is 0.719. The molecule has 3 nitrogen and oxygen atoms in total. The summed E-state index contributed by atoms with van der Waals surface area (Å²) in [7, 11) is 0. The molecule has 18 heavy (non-hydrogen) atoms. The number of nitrogens with zero attached hydrogens (tertiary/aromatic N) is 1. The van der Waals surface area contributed by atoms with Crippen LogP contribution in [0.25, 0.3) is 0 Å². The zero-order chi connectivity index (χ0) is 13.8. The second kappa shape index (κ2) is 4.07. The third kappa shape index (κ3) is 2.64. The minimum atomic E-state index is -0.0362. The van der Waals surface area contributed by atoms with Gasteiger partial charge in [0.15, 0.2) is 5.11 Å². The van der Waals surface area contributed by atoms with Gasteiger partial charge in [-0.2, -0.15) is 0 Å². The molecule has 0 aromatic carbocycles. The van der Waals surface area contributed by atoms with Crippen LogP contribution in [0.5, 0.6) is 0 Å². The number of hydrogen-bond donors (Lipinski definition) is 2. The Bertz CT molecular complexity index is 359. The summed E-state index contributed by atoms with van der Waals surface area (Å²) in [5, 5.41) is 6.52. The maximum atomic E-state index is 5.51. The van der Waals surface area contributed by atoms with Crippen LogP contribution in [0.3, 0.4) is 0 Å². The zero-order valence-electron chi connectivity index (χ0n) is 12.6. The third-order valence-electron chi connectivity index (χ3n) is 3.92. The van der Waals surface area contributed by atoms with Crippen molar-refractivity contribution in [3.05, 3.63) is 0 Å². The van der Waals surface area contributed by atoms with E-state index in [0.717, 1.165) is 23.9 Å². The summed E-state index contributed by atoms with van der Waals surface area (Å²) in [6.07, 6.45) is 3.56. The Morgan fingerprint density at radius 3 is 2.33 bits per heavy atom. The Hall–Kier alpha value is -0.350. The fraction of sp³-hybridized carbons (Fsp3) is 0.929. The van der Waals surface area contributed by atoms with Crippen molar-refractivity contribution in [3.8, 4) is 0 Å². The highest BCUT2D eigenvalue weighted by molar-refractivity contribution is 7.80. The molecule has 1 aliphatic carbocycles. The van der Waals surface area contributed by atoms with Crippen molar-refractivity contribution >= 4 is 17.3 Å². The molecule has 2 fully saturated rings. The molecule has 2 rings (SSSR count). The lowest BCUT2D eigenvalue weighted by Crippen LogP contribution is -2.59. The van der Waals surface area contributed by atoms with Crippen LogP contribution >= 0.6 is 12.2 Å². The van der Waals surface area contributed by atoms with Gasteiger partial charge in [0, 0.05) is 0 Å². The predicted octanol–water partition coefficient (Wildman–Crippen LogP) is 3.02. The molecule has 0 radical (unpaired) electrons. The highest BCUT2D eigenvalue weighted by Crippen LogP contribution is 2.44. The van der Waals surface area contributed by atoms with Crippen LogP contribution in [0.4, 0.5) is 0 Å². The van der Waals surface area contributed by atoms with E-state index in [0.29, 0.717) is 5.41 Å². The maximum Gasteiger partial charge on any atom is 0.185 e. The summed E-state index contributed by atoms with van der Waals surface area (Å²) in [4.78, 5) is 0. The van der Waals surface area contributed by atoms with Crippen molar-refractivity contribution in [1.29, 1.82) is 0 Å². The van der Waals surface area contributed by atoms with Crippen molar-refractivity contribution in [2.24, 2.45) is 11.3 Å². The predicted molar refractivity (Wildman–Crippen MR) is 80.0 cm³/mol. The van der Waals surface area contributed by atoms with Gasteiger partial charge in [0.25, 0.3) is 0 Å². The molecule has 4 heteroatoms. The average Bonchev–Trinajstić information content (AvgIpc) is 2.36. The molecule has 1 heterocycles. The Morgan fingerprint density at radius 2 is 1.89 bits per heavy atom. The van der Waals surface area contributed by atoms with Crippen LogP contribution in [0.1, 0.15) is 60.8 Å². The molecule has 1 saturated carbocycles. The number of hydrogen-bond acceptors (Lipinski definition) is 2. The Morgan fingerprint density at radius 1 is 1.28 bits per heavy atom. The zero-order valence-corrected chi connectivity index (χ0v) is 13.4. The van der Waals surface area contributed by atoms with Crippen molar-refractivity contribution in [2.45, 2.75) is 72.0 Å². The average molecular weight is 269 g/mol. The van der Waals surface area contributed by atoms with Gasteiger partial charge in [0.05, 0.1) is 5.54 Å². The Kier molecular flexibility index (Phi) is 3.18. The van der Waals surface area contributed by atoms with Gasteiger partial charge in [-0.1, -0.05) is 20.8 Å². The van der Waals surface area contributed by atoms with E-state index < -0.39 is 0 Å². The molecule has 0 amide bonds. The lowest BCUT2D eigenvalue weighted by Gasteiger charge is -2.46. The summed E-state index contributed by atoms with van der Waals surface area (Å²) in [6.45, 7) is 13.6. The number of hydrazine groups is 1. The van der Waals surface area contributed by atoms with Gasteiger partial charge in [0.2, 0.25) is 0 Å². The highest BCUT2D eigenvalue weighted by atomic mass is 32.1. The molecule has 1 spiro atoms. The molecular weight excluding hydrogens is 242 g/mol. The van der Waals surface area contributed by atoms with Gasteiger partial charge in [-0.05, 0) is 63.6 Å². The van der Waals surface area contributed by atoms with Gasteiger partial charge >= 0.3 is 0 Å². The van der Waals surface area contributed by atoms with Crippen molar-refractivity contribution < 1.29 is 0 Å². The first-order valence-corrected chi connectivity index (χ1v) is 7.34. The molecule has 0 aromatic heterocycles. The molecule has 104 valence electrons. The molecule has 1 aliphatic heterocycles. The van der Waals surface area contributed by atoms with Crippen LogP contribution in [-0.2, 0) is 0 Å². The fourth-order valence-electron chi connectivity index (χ4n) is 3.78. The number of thiocarbonyl (C=S) groups is 1. The Balaban J connectivity index is 2.22. The van der Waals surface area contributed by atoms with E-state index in [2.05, 4.69) is 57.3 Å². The first-order chi connectivity index (χ1) is 8.03. The largest absolute Gasteiger partial charge is 0.342 e. The summed E-state index contributed by atoms with van der Waals surface area (Å²) in [6, 6.07) is 0. The maximum absolute atomic E-state index is 5.51. The van der Waals surface area contributed by atoms with E-state index in [1.54, 1.807) is 0 Å². The van der Waals surface area contributed by atoms with E-state index in [1.165, 1.54) is 6.42 Å². The van der Waals surface area contributed by atoms with Crippen LogP contribution < -0.4 is 10.7 Å². The van der Waals surface area contributed by atoms with Gasteiger partial charge in [-0.3, -0.25) is 5.01 Å². The van der Waals surface area contributed by atoms with Crippen LogP contribution in [0.15, 0.2) is 0 Å². The number of nitrogens with one attached hydrogen (secondary N) is 2. The van der Waals surface area contributed by atoms with Gasteiger partial charge in [-0.15, -0.1) is 0 Å². The third-order valence-corrected chi connectivity index (χ3v) is 4.21. The smallest absolute Gasteiger partial charge is 0.185 e. The van der Waals surface area contributed by atoms with Crippen molar-refractivity contribution in [2.75, 3.05) is 0 Å². The number of rotatable bonds is 0. The van der Waals surface area contributed by atoms with Gasteiger partial charge in [-0.25, -0.2) is 5.43 Å². The molecule has 0 unspecified atom stereocenters. The monoisotopic (exact) mass is 269 g/mol. The second-order valence-electron chi connectivity index (χ2n) is 7.98. The van der Waals surface area contributed by atoms with Gasteiger partial charge in [0.1, 0.15) is 5.66 Å². The lowest BCUT2D eigenvalue weighted by atomic mass is 9.68. The highest BCUT2D eigenvalue weighted by Gasteiger charge is 2.49. The second-order valence-corrected chi connectivity index (χ2v) is 8.37. The van der Waals surface area contributed by atoms with Crippen LogP contribution in [0.2, 0.25) is 0 Å². The standard InChI is InChI=1S/C14H27N3S/c1-10-7-13(5,6)9-14(8-10)15-11(18)17(16-14)12(2,3)4/h10,16H,7-9H2,1-6H3,(H,15,18)/t10-,14-/m1/s1. The first kappa shape index (κ1) is 14.1. The minimum Gasteiger partial charge on any atom is -0.342 e. The molecule has 0 bridgehead atoms. The van der Waals surface area contributed by atoms with Crippen LogP contribution in [-0.4, -0.2) is 21.3 Å². The Labute approximate surface area is 117 Å². The fourth-order valence-corrected chi connectivity index (χ4v) is 4.29. The topological polar surface area (TPSA) is 27.3 Å². The lowest BCUT2D eigenvalue weighted by molar-refractivity contribution is 0.0360. The quantitative estimate of drug-likeness (QED) is 0.661. The normalized spacial score (nSPS) is 36.0. The SMILES string of the molecule is C[C@@H]1CC(C)(C)C[C@]2(C1)NC(=S)N(C(C)(C)C)N2. The van der Waals surface area contributed by atoms with Gasteiger partial charge < -0.3 is 5.32 Å². The van der Waals surface area contributed by atoms with Crippen molar-refractivity contribution in [1.82, 2.24) is 15.8 Å². The molecule has 1 saturated heterocycles. The summed E-state index contributed by atoms with van der Waals surface area (Å²) >= 11 is 5.51. The summed E-state index contributed by atoms with van der Waals surface area (Å²) in [5.41, 5.74) is 4.00. The molecule has 2 aliphatic rings. The van der Waals surface area contributed by atoms with Crippen molar-refractivity contribution in [3.63, 3.8) is 0 Å². The molecule has 2 atom stereocenters. The van der Waals surface area contributed by atoms with E-state index in [-0.39, 0.29) is 11.2 Å². The molecule has 0 aromatic rings.